The van der Waals surface area contributed by atoms with Crippen LogP contribution in [0.5, 0.6) is 46.0 Å². The van der Waals surface area contributed by atoms with Crippen molar-refractivity contribution in [2.45, 2.75) is 138 Å². The number of nitriles is 4. The number of benzene rings is 3. The number of anilines is 1. The van der Waals surface area contributed by atoms with Gasteiger partial charge in [-0.15, -0.1) is 0 Å². The van der Waals surface area contributed by atoms with Crippen LogP contribution < -0.4 is 33.3 Å². The first-order valence-electron chi connectivity index (χ1n) is 25.5. The van der Waals surface area contributed by atoms with Crippen molar-refractivity contribution >= 4 is 5.69 Å². The molecule has 3 aromatic rings. The van der Waals surface area contributed by atoms with E-state index in [1.165, 1.54) is 31.0 Å². The molecular weight excluding hydrogens is 917 g/mol. The summed E-state index contributed by atoms with van der Waals surface area (Å²) in [5, 5.41) is 42.8. The number of methoxy groups -OCH3 is 4. The van der Waals surface area contributed by atoms with E-state index in [1.807, 2.05) is 0 Å². The smallest absolute Gasteiger partial charge is 0.193 e. The SMILES string of the molecule is COc1cc2c(cc1OC)N1CC3CC4OC5C(C#N)C6OC7CC8C(CC7OC6C(C#N)C5OC4CC3N(C2)C1)C1(CC(C)(C)c2cc3c(cc21)Oc1c(C#N)c(OC)c(OC)c(C#N)c1O3)CC8(C)C. The molecule has 16 atom stereocenters. The van der Waals surface area contributed by atoms with Gasteiger partial charge in [0.25, 0.3) is 0 Å². The van der Waals surface area contributed by atoms with Crippen LogP contribution in [-0.4, -0.2) is 101 Å². The van der Waals surface area contributed by atoms with Crippen LogP contribution in [0.15, 0.2) is 24.3 Å². The monoisotopic (exact) mass is 976 g/mol. The molecule has 5 heterocycles. The Morgan fingerprint density at radius 3 is 1.68 bits per heavy atom. The highest BCUT2D eigenvalue weighted by molar-refractivity contribution is 5.76. The van der Waals surface area contributed by atoms with Gasteiger partial charge < -0.3 is 52.3 Å². The van der Waals surface area contributed by atoms with Gasteiger partial charge in [-0.05, 0) is 102 Å². The molecule has 4 saturated carbocycles. The Morgan fingerprint density at radius 1 is 0.611 bits per heavy atom. The number of fused-ring (bicyclic) bond motifs is 16. The number of nitrogens with zero attached hydrogens (tertiary/aromatic N) is 6. The van der Waals surface area contributed by atoms with Crippen molar-refractivity contribution < 1.29 is 47.4 Å². The van der Waals surface area contributed by atoms with Crippen molar-refractivity contribution in [3.05, 3.63) is 52.1 Å². The maximum absolute atomic E-state index is 11.1. The summed E-state index contributed by atoms with van der Waals surface area (Å²) in [6.07, 6.45) is 1.29. The summed E-state index contributed by atoms with van der Waals surface area (Å²) >= 11 is 0. The van der Waals surface area contributed by atoms with E-state index in [9.17, 15) is 21.0 Å². The third kappa shape index (κ3) is 6.23. The molecule has 0 radical (unpaired) electrons. The normalized spacial score (nSPS) is 38.1. The van der Waals surface area contributed by atoms with Gasteiger partial charge >= 0.3 is 0 Å². The van der Waals surface area contributed by atoms with E-state index in [4.69, 9.17) is 47.4 Å². The van der Waals surface area contributed by atoms with Crippen molar-refractivity contribution in [3.63, 3.8) is 0 Å². The van der Waals surface area contributed by atoms with Gasteiger partial charge in [0.05, 0.1) is 71.7 Å². The Hall–Kier alpha value is -5.98. The zero-order chi connectivity index (χ0) is 49.9. The molecule has 0 amide bonds. The highest BCUT2D eigenvalue weighted by Gasteiger charge is 2.68. The van der Waals surface area contributed by atoms with Crippen LogP contribution in [-0.2, 0) is 36.3 Å². The number of rotatable bonds is 4. The van der Waals surface area contributed by atoms with Crippen LogP contribution in [0, 0.1) is 80.3 Å². The van der Waals surface area contributed by atoms with Gasteiger partial charge in [0.15, 0.2) is 46.0 Å². The number of hydrogen-bond donors (Lipinski definition) is 0. The molecule has 3 saturated heterocycles. The minimum atomic E-state index is -0.696. The molecule has 13 rings (SSSR count). The van der Waals surface area contributed by atoms with Crippen LogP contribution >= 0.6 is 0 Å². The van der Waals surface area contributed by atoms with Crippen LogP contribution in [0.4, 0.5) is 5.69 Å². The van der Waals surface area contributed by atoms with Crippen LogP contribution in [0.3, 0.4) is 0 Å². The molecule has 0 N–H and O–H groups in total. The zero-order valence-corrected chi connectivity index (χ0v) is 42.0. The van der Waals surface area contributed by atoms with E-state index >= 15 is 0 Å². The van der Waals surface area contributed by atoms with Gasteiger partial charge in [-0.25, -0.2) is 0 Å². The molecule has 5 aliphatic carbocycles. The lowest BCUT2D eigenvalue weighted by Crippen LogP contribution is -2.70. The van der Waals surface area contributed by atoms with Gasteiger partial charge in [0.2, 0.25) is 0 Å². The summed E-state index contributed by atoms with van der Waals surface area (Å²) in [7, 11) is 6.19. The molecule has 2 bridgehead atoms. The molecule has 7 fully saturated rings. The van der Waals surface area contributed by atoms with E-state index in [0.717, 1.165) is 75.3 Å². The third-order valence-corrected chi connectivity index (χ3v) is 19.1. The van der Waals surface area contributed by atoms with Gasteiger partial charge in [0.1, 0.15) is 59.5 Å². The van der Waals surface area contributed by atoms with E-state index in [0.29, 0.717) is 17.4 Å². The second kappa shape index (κ2) is 16.0. The Labute approximate surface area is 420 Å². The van der Waals surface area contributed by atoms with Crippen molar-refractivity contribution in [1.29, 1.82) is 21.0 Å². The molecule has 16 heteroatoms. The molecular formula is C56H60N6O10. The van der Waals surface area contributed by atoms with Crippen molar-refractivity contribution in [3.8, 4) is 70.3 Å². The molecule has 5 aliphatic heterocycles. The minimum absolute atomic E-state index is 0.0798. The largest absolute Gasteiger partial charge is 0.493 e. The first-order valence-corrected chi connectivity index (χ1v) is 25.5. The summed E-state index contributed by atoms with van der Waals surface area (Å²) in [5.41, 5.74) is 4.28. The van der Waals surface area contributed by atoms with Gasteiger partial charge in [0, 0.05) is 36.3 Å². The van der Waals surface area contributed by atoms with E-state index in [1.54, 1.807) is 14.2 Å². The van der Waals surface area contributed by atoms with Gasteiger partial charge in [-0.3, -0.25) is 4.90 Å². The molecule has 1 spiro atoms. The second-order valence-corrected chi connectivity index (χ2v) is 23.4. The summed E-state index contributed by atoms with van der Waals surface area (Å²) in [6.45, 7) is 11.8. The topological polar surface area (TPSA) is 194 Å². The first-order chi connectivity index (χ1) is 34.7. The Balaban J connectivity index is 0.785. The fourth-order valence-electron chi connectivity index (χ4n) is 16.4. The lowest BCUT2D eigenvalue weighted by molar-refractivity contribution is -0.332. The van der Waals surface area contributed by atoms with E-state index < -0.39 is 36.3 Å². The summed E-state index contributed by atoms with van der Waals surface area (Å²) in [4.78, 5) is 4.98. The van der Waals surface area contributed by atoms with Gasteiger partial charge in [-0.1, -0.05) is 27.7 Å². The van der Waals surface area contributed by atoms with Gasteiger partial charge in [-0.2, -0.15) is 21.0 Å². The molecule has 10 aliphatic rings. The second-order valence-electron chi connectivity index (χ2n) is 23.4. The Bertz CT molecular complexity index is 2990. The molecule has 16 unspecified atom stereocenters. The van der Waals surface area contributed by atoms with Crippen LogP contribution in [0.1, 0.15) is 94.0 Å². The van der Waals surface area contributed by atoms with Crippen LogP contribution in [0.25, 0.3) is 0 Å². The highest BCUT2D eigenvalue weighted by Crippen LogP contribution is 2.71. The quantitative estimate of drug-likeness (QED) is 0.190. The standard InChI is InChI=1S/C56H60N6O10/c1-54(2)23-56(34-13-43-41(11-32(34)54)68-48-28(17-57)46(65-7)47(66-8)29(18-58)49(48)70-43)24-55(3,4)33-12-42-44(14-35(33)56)71-52-31(20-60)53-50(30(19-59)51(52)69-42)67-40-10-27-22-61-25-62(37(27)16-45(40)72-53)21-26-9-38(63-5)39(64-6)15-36(26)61/h9,11,13,15,27,30-31,33,35,37,40,42,44-45,50-53H,10,12,14,16,21-25H2,1-8H3. The molecule has 72 heavy (non-hydrogen) atoms. The minimum Gasteiger partial charge on any atom is -0.493 e. The lowest BCUT2D eigenvalue weighted by Gasteiger charge is -2.60. The molecule has 3 aromatic carbocycles. The first kappa shape index (κ1) is 45.9. The van der Waals surface area contributed by atoms with Crippen molar-refractivity contribution in [2.75, 3.05) is 46.6 Å². The Morgan fingerprint density at radius 2 is 1.14 bits per heavy atom. The van der Waals surface area contributed by atoms with E-state index in [2.05, 4.69) is 86.0 Å². The molecule has 16 nitrogen and oxygen atoms in total. The average Bonchev–Trinajstić information content (AvgIpc) is 3.73. The maximum atomic E-state index is 11.1. The predicted octanol–water partition coefficient (Wildman–Crippen LogP) is 8.15. The summed E-state index contributed by atoms with van der Waals surface area (Å²) in [5.74, 6) is 2.25. The maximum Gasteiger partial charge on any atom is 0.193 e. The lowest BCUT2D eigenvalue weighted by atomic mass is 9.63. The van der Waals surface area contributed by atoms with E-state index in [-0.39, 0.29) is 92.7 Å². The number of hydrogen-bond acceptors (Lipinski definition) is 16. The Kier molecular flexibility index (Phi) is 10.2. The fraction of sp³-hybridized carbons (Fsp3) is 0.607. The average molecular weight is 977 g/mol. The predicted molar refractivity (Wildman–Crippen MR) is 256 cm³/mol. The highest BCUT2D eigenvalue weighted by atomic mass is 16.6. The number of ether oxygens (including phenoxy) is 10. The summed E-state index contributed by atoms with van der Waals surface area (Å²) < 4.78 is 64.4. The van der Waals surface area contributed by atoms with Crippen molar-refractivity contribution in [1.82, 2.24) is 4.90 Å². The fourth-order valence-corrected chi connectivity index (χ4v) is 16.4. The summed E-state index contributed by atoms with van der Waals surface area (Å²) in [6, 6.07) is 18.2. The van der Waals surface area contributed by atoms with Crippen molar-refractivity contribution in [2.24, 2.45) is 35.0 Å². The molecule has 0 aromatic heterocycles. The zero-order valence-electron chi connectivity index (χ0n) is 42.0. The van der Waals surface area contributed by atoms with Crippen LogP contribution in [0.2, 0.25) is 0 Å². The molecule has 374 valence electrons. The third-order valence-electron chi connectivity index (χ3n) is 19.1.